The fourth-order valence-electron chi connectivity index (χ4n) is 1.85. The molecule has 4 nitrogen and oxygen atoms in total. The van der Waals surface area contributed by atoms with Crippen molar-refractivity contribution in [1.29, 1.82) is 0 Å². The highest BCUT2D eigenvalue weighted by Crippen LogP contribution is 2.24. The molecule has 0 fully saturated rings. The maximum atomic E-state index is 13.1. The van der Waals surface area contributed by atoms with E-state index in [0.29, 0.717) is 11.5 Å². The molecule has 6 heteroatoms. The molecule has 0 spiro atoms. The molecule has 0 radical (unpaired) electrons. The summed E-state index contributed by atoms with van der Waals surface area (Å²) in [6.07, 6.45) is 3.41. The Hall–Kier alpha value is -2.14. The first-order chi connectivity index (χ1) is 9.13. The van der Waals surface area contributed by atoms with Gasteiger partial charge >= 0.3 is 0 Å². The van der Waals surface area contributed by atoms with E-state index in [1.807, 2.05) is 13.0 Å². The number of hydrogen-bond acceptors (Lipinski definition) is 3. The summed E-state index contributed by atoms with van der Waals surface area (Å²) in [7, 11) is 0. The van der Waals surface area contributed by atoms with Gasteiger partial charge in [-0.15, -0.1) is 0 Å². The Bertz CT molecular complexity index is 753. The van der Waals surface area contributed by atoms with Gasteiger partial charge < -0.3 is 5.32 Å². The largest absolute Gasteiger partial charge is 0.338 e. The SMILES string of the molecule is Cc1cc2c(Nc3ccc(F)c(Cl)c3)nccn2n1. The fraction of sp³-hybridized carbons (Fsp3) is 0.0769. The monoisotopic (exact) mass is 276 g/mol. The molecule has 3 rings (SSSR count). The molecule has 1 aromatic carbocycles. The highest BCUT2D eigenvalue weighted by atomic mass is 35.5. The molecular weight excluding hydrogens is 267 g/mol. The van der Waals surface area contributed by atoms with Gasteiger partial charge in [0.05, 0.1) is 10.7 Å². The zero-order valence-electron chi connectivity index (χ0n) is 10.1. The summed E-state index contributed by atoms with van der Waals surface area (Å²) in [5, 5.41) is 7.47. The quantitative estimate of drug-likeness (QED) is 0.778. The minimum absolute atomic E-state index is 0.0710. The second-order valence-corrected chi connectivity index (χ2v) is 4.55. The Morgan fingerprint density at radius 2 is 2.16 bits per heavy atom. The van der Waals surface area contributed by atoms with E-state index in [1.54, 1.807) is 23.0 Å². The van der Waals surface area contributed by atoms with Crippen LogP contribution in [0.2, 0.25) is 5.02 Å². The predicted molar refractivity (Wildman–Crippen MR) is 72.4 cm³/mol. The number of aryl methyl sites for hydroxylation is 1. The van der Waals surface area contributed by atoms with Gasteiger partial charge in [0.1, 0.15) is 11.3 Å². The average molecular weight is 277 g/mol. The third kappa shape index (κ3) is 2.24. The van der Waals surface area contributed by atoms with E-state index >= 15 is 0 Å². The van der Waals surface area contributed by atoms with Crippen LogP contribution >= 0.6 is 11.6 Å². The summed E-state index contributed by atoms with van der Waals surface area (Å²) < 4.78 is 14.8. The van der Waals surface area contributed by atoms with Crippen molar-refractivity contribution >= 4 is 28.6 Å². The summed E-state index contributed by atoms with van der Waals surface area (Å²) in [5.41, 5.74) is 2.42. The van der Waals surface area contributed by atoms with Crippen LogP contribution < -0.4 is 5.32 Å². The minimum atomic E-state index is -0.446. The van der Waals surface area contributed by atoms with Crippen LogP contribution in [0.15, 0.2) is 36.7 Å². The maximum absolute atomic E-state index is 13.1. The Balaban J connectivity index is 2.02. The first-order valence-corrected chi connectivity index (χ1v) is 6.04. The van der Waals surface area contributed by atoms with Crippen LogP contribution in [0.1, 0.15) is 5.69 Å². The summed E-state index contributed by atoms with van der Waals surface area (Å²) in [5.74, 6) is 0.198. The number of fused-ring (bicyclic) bond motifs is 1. The number of anilines is 2. The average Bonchev–Trinajstić information content (AvgIpc) is 2.75. The number of aromatic nitrogens is 3. The van der Waals surface area contributed by atoms with Crippen molar-refractivity contribution in [3.05, 3.63) is 53.2 Å². The fourth-order valence-corrected chi connectivity index (χ4v) is 2.03. The molecule has 0 aliphatic heterocycles. The summed E-state index contributed by atoms with van der Waals surface area (Å²) in [6.45, 7) is 1.91. The van der Waals surface area contributed by atoms with Crippen molar-refractivity contribution in [3.8, 4) is 0 Å². The minimum Gasteiger partial charge on any atom is -0.338 e. The molecule has 2 aromatic heterocycles. The van der Waals surface area contributed by atoms with E-state index in [4.69, 9.17) is 11.6 Å². The number of benzene rings is 1. The first-order valence-electron chi connectivity index (χ1n) is 5.66. The molecule has 0 saturated heterocycles. The summed E-state index contributed by atoms with van der Waals surface area (Å²) >= 11 is 5.75. The van der Waals surface area contributed by atoms with Gasteiger partial charge in [-0.1, -0.05) is 11.6 Å². The lowest BCUT2D eigenvalue weighted by molar-refractivity contribution is 0.628. The lowest BCUT2D eigenvalue weighted by Crippen LogP contribution is -1.97. The molecule has 96 valence electrons. The van der Waals surface area contributed by atoms with E-state index in [1.165, 1.54) is 12.1 Å². The van der Waals surface area contributed by atoms with Crippen molar-refractivity contribution in [2.24, 2.45) is 0 Å². The molecule has 0 aliphatic carbocycles. The number of nitrogens with zero attached hydrogens (tertiary/aromatic N) is 3. The highest BCUT2D eigenvalue weighted by Gasteiger charge is 2.07. The molecule has 1 N–H and O–H groups in total. The zero-order chi connectivity index (χ0) is 13.4. The number of rotatable bonds is 2. The Kier molecular flexibility index (Phi) is 2.83. The summed E-state index contributed by atoms with van der Waals surface area (Å²) in [4.78, 5) is 4.26. The molecule has 0 bridgehead atoms. The van der Waals surface area contributed by atoms with Gasteiger partial charge in [0, 0.05) is 18.1 Å². The maximum Gasteiger partial charge on any atom is 0.156 e. The molecule has 2 heterocycles. The predicted octanol–water partition coefficient (Wildman–Crippen LogP) is 3.57. The smallest absolute Gasteiger partial charge is 0.156 e. The van der Waals surface area contributed by atoms with Crippen LogP contribution in [0.4, 0.5) is 15.9 Å². The van der Waals surface area contributed by atoms with Crippen LogP contribution in [0.3, 0.4) is 0 Å². The molecule has 0 aliphatic rings. The van der Waals surface area contributed by atoms with Crippen molar-refractivity contribution in [1.82, 2.24) is 14.6 Å². The van der Waals surface area contributed by atoms with Crippen LogP contribution in [0.5, 0.6) is 0 Å². The lowest BCUT2D eigenvalue weighted by Gasteiger charge is -2.07. The van der Waals surface area contributed by atoms with Gasteiger partial charge in [0.2, 0.25) is 0 Å². The molecular formula is C13H10ClFN4. The van der Waals surface area contributed by atoms with Gasteiger partial charge in [0.25, 0.3) is 0 Å². The van der Waals surface area contributed by atoms with Gasteiger partial charge in [-0.05, 0) is 31.2 Å². The lowest BCUT2D eigenvalue weighted by atomic mass is 10.3. The highest BCUT2D eigenvalue weighted by molar-refractivity contribution is 6.31. The van der Waals surface area contributed by atoms with Crippen LogP contribution in [-0.4, -0.2) is 14.6 Å². The topological polar surface area (TPSA) is 42.2 Å². The molecule has 3 aromatic rings. The third-order valence-electron chi connectivity index (χ3n) is 2.69. The van der Waals surface area contributed by atoms with Crippen LogP contribution in [-0.2, 0) is 0 Å². The second kappa shape index (κ2) is 4.51. The van der Waals surface area contributed by atoms with Gasteiger partial charge in [0.15, 0.2) is 5.82 Å². The number of nitrogens with one attached hydrogen (secondary N) is 1. The van der Waals surface area contributed by atoms with E-state index in [-0.39, 0.29) is 5.02 Å². The number of halogens is 2. The number of hydrogen-bond donors (Lipinski definition) is 1. The zero-order valence-corrected chi connectivity index (χ0v) is 10.8. The van der Waals surface area contributed by atoms with Crippen molar-refractivity contribution < 1.29 is 4.39 Å². The molecule has 0 unspecified atom stereocenters. The van der Waals surface area contributed by atoms with Crippen molar-refractivity contribution in [2.45, 2.75) is 6.92 Å². The second-order valence-electron chi connectivity index (χ2n) is 4.15. The third-order valence-corrected chi connectivity index (χ3v) is 2.98. The van der Waals surface area contributed by atoms with Crippen molar-refractivity contribution in [3.63, 3.8) is 0 Å². The molecule has 0 saturated carbocycles. The Morgan fingerprint density at radius 3 is 2.95 bits per heavy atom. The van der Waals surface area contributed by atoms with Gasteiger partial charge in [-0.2, -0.15) is 5.10 Å². The van der Waals surface area contributed by atoms with E-state index in [0.717, 1.165) is 11.2 Å². The van der Waals surface area contributed by atoms with Gasteiger partial charge in [-0.25, -0.2) is 13.9 Å². The molecule has 0 amide bonds. The van der Waals surface area contributed by atoms with Crippen LogP contribution in [0, 0.1) is 12.7 Å². The normalized spacial score (nSPS) is 10.9. The molecule has 0 atom stereocenters. The summed E-state index contributed by atoms with van der Waals surface area (Å²) in [6, 6.07) is 6.35. The standard InChI is InChI=1S/C13H10ClFN4/c1-8-6-12-13(16-4-5-19(12)18-8)17-9-2-3-11(15)10(14)7-9/h2-7H,1H3,(H,16,17). The van der Waals surface area contributed by atoms with E-state index in [2.05, 4.69) is 15.4 Å². The molecule has 19 heavy (non-hydrogen) atoms. The Morgan fingerprint density at radius 1 is 1.32 bits per heavy atom. The first kappa shape index (κ1) is 11.9. The van der Waals surface area contributed by atoms with Crippen LogP contribution in [0.25, 0.3) is 5.52 Å². The van der Waals surface area contributed by atoms with E-state index < -0.39 is 5.82 Å². The van der Waals surface area contributed by atoms with Crippen molar-refractivity contribution in [2.75, 3.05) is 5.32 Å². The van der Waals surface area contributed by atoms with Gasteiger partial charge in [-0.3, -0.25) is 0 Å². The van der Waals surface area contributed by atoms with E-state index in [9.17, 15) is 4.39 Å². The Labute approximate surface area is 113 Å².